The van der Waals surface area contributed by atoms with E-state index in [-0.39, 0.29) is 23.7 Å². The summed E-state index contributed by atoms with van der Waals surface area (Å²) < 4.78 is 1.10. The Morgan fingerprint density at radius 1 is 1.38 bits per heavy atom. The van der Waals surface area contributed by atoms with Gasteiger partial charge in [0.2, 0.25) is 5.91 Å². The first-order valence-electron chi connectivity index (χ1n) is 7.33. The second kappa shape index (κ2) is 8.16. The Kier molecular flexibility index (Phi) is 7.17. The van der Waals surface area contributed by atoms with Crippen LogP contribution in [0, 0.1) is 0 Å². The highest BCUT2D eigenvalue weighted by Crippen LogP contribution is 2.39. The minimum Gasteiger partial charge on any atom is -0.354 e. The van der Waals surface area contributed by atoms with Crippen LogP contribution in [0.4, 0.5) is 0 Å². The standard InChI is InChI=1S/C16H23BrN2O.ClH/c1-12(18)15(20)19-11-16(8-3-2-4-9-16)13-6-5-7-14(17)10-13;/h5-7,10,12H,2-4,8-9,11,18H2,1H3,(H,19,20);1H/t12-;/m0./s1. The summed E-state index contributed by atoms with van der Waals surface area (Å²) in [4.78, 5) is 11.8. The zero-order valence-corrected chi connectivity index (χ0v) is 14.8. The van der Waals surface area contributed by atoms with Gasteiger partial charge in [-0.1, -0.05) is 47.3 Å². The Bertz CT molecular complexity index is 473. The van der Waals surface area contributed by atoms with E-state index >= 15 is 0 Å². The van der Waals surface area contributed by atoms with Crippen LogP contribution in [-0.4, -0.2) is 18.5 Å². The van der Waals surface area contributed by atoms with Crippen molar-refractivity contribution in [2.24, 2.45) is 5.73 Å². The zero-order chi connectivity index (χ0) is 14.6. The Morgan fingerprint density at radius 3 is 2.62 bits per heavy atom. The minimum absolute atomic E-state index is 0. The quantitative estimate of drug-likeness (QED) is 0.845. The van der Waals surface area contributed by atoms with Crippen LogP contribution >= 0.6 is 28.3 Å². The Labute approximate surface area is 141 Å². The number of amides is 1. The molecule has 0 aromatic heterocycles. The SMILES string of the molecule is C[C@H](N)C(=O)NCC1(c2cccc(Br)c2)CCCCC1.Cl. The van der Waals surface area contributed by atoms with Gasteiger partial charge in [-0.2, -0.15) is 0 Å². The summed E-state index contributed by atoms with van der Waals surface area (Å²) in [5.41, 5.74) is 7.02. The molecule has 0 unspecified atom stereocenters. The molecule has 0 bridgehead atoms. The number of nitrogens with two attached hydrogens (primary N) is 1. The Morgan fingerprint density at radius 2 is 2.05 bits per heavy atom. The Balaban J connectivity index is 0.00000220. The molecule has 0 spiro atoms. The van der Waals surface area contributed by atoms with Gasteiger partial charge in [-0.05, 0) is 37.5 Å². The van der Waals surface area contributed by atoms with Gasteiger partial charge in [0.15, 0.2) is 0 Å². The lowest BCUT2D eigenvalue weighted by molar-refractivity contribution is -0.122. The molecule has 1 saturated carbocycles. The van der Waals surface area contributed by atoms with Crippen molar-refractivity contribution in [2.45, 2.75) is 50.5 Å². The molecule has 5 heteroatoms. The normalized spacial score (nSPS) is 18.4. The highest BCUT2D eigenvalue weighted by Gasteiger charge is 2.34. The van der Waals surface area contributed by atoms with Gasteiger partial charge in [0.25, 0.3) is 0 Å². The first-order chi connectivity index (χ1) is 9.53. The van der Waals surface area contributed by atoms with E-state index in [4.69, 9.17) is 5.73 Å². The maximum atomic E-state index is 11.8. The number of carbonyl (C=O) groups is 1. The van der Waals surface area contributed by atoms with E-state index in [1.807, 2.05) is 6.07 Å². The van der Waals surface area contributed by atoms with Crippen molar-refractivity contribution in [2.75, 3.05) is 6.54 Å². The molecule has 1 amide bonds. The van der Waals surface area contributed by atoms with Crippen molar-refractivity contribution in [1.82, 2.24) is 5.32 Å². The summed E-state index contributed by atoms with van der Waals surface area (Å²) >= 11 is 3.55. The maximum Gasteiger partial charge on any atom is 0.236 e. The molecule has 2 rings (SSSR count). The lowest BCUT2D eigenvalue weighted by atomic mass is 9.69. The summed E-state index contributed by atoms with van der Waals surface area (Å²) in [6.07, 6.45) is 5.99. The molecule has 1 aliphatic carbocycles. The molecule has 1 atom stereocenters. The summed E-state index contributed by atoms with van der Waals surface area (Å²) in [6.45, 7) is 2.41. The summed E-state index contributed by atoms with van der Waals surface area (Å²) in [6, 6.07) is 8.03. The second-order valence-corrected chi connectivity index (χ2v) is 6.77. The van der Waals surface area contributed by atoms with Crippen LogP contribution in [0.25, 0.3) is 0 Å². The van der Waals surface area contributed by atoms with E-state index in [2.05, 4.69) is 39.4 Å². The van der Waals surface area contributed by atoms with Crippen molar-refractivity contribution >= 4 is 34.2 Å². The predicted octanol–water partition coefficient (Wildman–Crippen LogP) is 3.54. The average molecular weight is 376 g/mol. The molecule has 1 aromatic carbocycles. The number of nitrogens with one attached hydrogen (secondary N) is 1. The zero-order valence-electron chi connectivity index (χ0n) is 12.4. The smallest absolute Gasteiger partial charge is 0.236 e. The van der Waals surface area contributed by atoms with Crippen molar-refractivity contribution in [1.29, 1.82) is 0 Å². The topological polar surface area (TPSA) is 55.1 Å². The van der Waals surface area contributed by atoms with E-state index in [1.165, 1.54) is 24.8 Å². The van der Waals surface area contributed by atoms with Crippen molar-refractivity contribution < 1.29 is 4.79 Å². The third kappa shape index (κ3) is 4.70. The van der Waals surface area contributed by atoms with E-state index in [0.29, 0.717) is 6.54 Å². The van der Waals surface area contributed by atoms with Crippen LogP contribution in [0.1, 0.15) is 44.6 Å². The molecule has 0 radical (unpaired) electrons. The largest absolute Gasteiger partial charge is 0.354 e. The molecule has 3 nitrogen and oxygen atoms in total. The van der Waals surface area contributed by atoms with E-state index in [0.717, 1.165) is 17.3 Å². The summed E-state index contributed by atoms with van der Waals surface area (Å²) in [5.74, 6) is -0.0649. The fraction of sp³-hybridized carbons (Fsp3) is 0.562. The van der Waals surface area contributed by atoms with Gasteiger partial charge in [-0.25, -0.2) is 0 Å². The maximum absolute atomic E-state index is 11.8. The molecule has 0 saturated heterocycles. The van der Waals surface area contributed by atoms with Gasteiger partial charge >= 0.3 is 0 Å². The van der Waals surface area contributed by atoms with Gasteiger partial charge in [-0.15, -0.1) is 12.4 Å². The lowest BCUT2D eigenvalue weighted by Gasteiger charge is -2.38. The van der Waals surface area contributed by atoms with Gasteiger partial charge in [0.1, 0.15) is 0 Å². The number of rotatable bonds is 4. The molecular weight excluding hydrogens is 352 g/mol. The van der Waals surface area contributed by atoms with Crippen molar-refractivity contribution in [3.05, 3.63) is 34.3 Å². The molecule has 0 aliphatic heterocycles. The predicted molar refractivity (Wildman–Crippen MR) is 92.8 cm³/mol. The molecule has 3 N–H and O–H groups in total. The van der Waals surface area contributed by atoms with Crippen LogP contribution in [0.15, 0.2) is 28.7 Å². The van der Waals surface area contributed by atoms with Crippen LogP contribution in [0.3, 0.4) is 0 Å². The molecule has 0 heterocycles. The highest BCUT2D eigenvalue weighted by atomic mass is 79.9. The Hall–Kier alpha value is -0.580. The van der Waals surface area contributed by atoms with Crippen molar-refractivity contribution in [3.63, 3.8) is 0 Å². The fourth-order valence-electron chi connectivity index (χ4n) is 3.03. The minimum atomic E-state index is -0.446. The van der Waals surface area contributed by atoms with Crippen LogP contribution in [0.5, 0.6) is 0 Å². The van der Waals surface area contributed by atoms with Gasteiger partial charge in [-0.3, -0.25) is 4.79 Å². The number of halogens is 2. The van der Waals surface area contributed by atoms with Crippen LogP contribution in [-0.2, 0) is 10.2 Å². The third-order valence-corrected chi connectivity index (χ3v) is 4.76. The molecule has 1 aromatic rings. The highest BCUT2D eigenvalue weighted by molar-refractivity contribution is 9.10. The number of carbonyl (C=O) groups excluding carboxylic acids is 1. The number of hydrogen-bond donors (Lipinski definition) is 2. The molecule has 1 aliphatic rings. The van der Waals surface area contributed by atoms with Gasteiger partial charge in [0, 0.05) is 16.4 Å². The average Bonchev–Trinajstić information content (AvgIpc) is 2.45. The molecular formula is C16H24BrClN2O. The van der Waals surface area contributed by atoms with E-state index in [1.54, 1.807) is 6.92 Å². The monoisotopic (exact) mass is 374 g/mol. The molecule has 1 fully saturated rings. The second-order valence-electron chi connectivity index (χ2n) is 5.86. The first-order valence-corrected chi connectivity index (χ1v) is 8.12. The van der Waals surface area contributed by atoms with Gasteiger partial charge < -0.3 is 11.1 Å². The number of hydrogen-bond acceptors (Lipinski definition) is 2. The summed E-state index contributed by atoms with van der Waals surface area (Å²) in [7, 11) is 0. The lowest BCUT2D eigenvalue weighted by Crippen LogP contribution is -2.46. The van der Waals surface area contributed by atoms with Gasteiger partial charge in [0.05, 0.1) is 6.04 Å². The first kappa shape index (κ1) is 18.5. The van der Waals surface area contributed by atoms with E-state index in [9.17, 15) is 4.79 Å². The fourth-order valence-corrected chi connectivity index (χ4v) is 3.43. The number of benzene rings is 1. The summed E-state index contributed by atoms with van der Waals surface area (Å²) in [5, 5.41) is 3.03. The van der Waals surface area contributed by atoms with Crippen LogP contribution in [0.2, 0.25) is 0 Å². The molecule has 21 heavy (non-hydrogen) atoms. The van der Waals surface area contributed by atoms with Crippen LogP contribution < -0.4 is 11.1 Å². The van der Waals surface area contributed by atoms with E-state index < -0.39 is 6.04 Å². The third-order valence-electron chi connectivity index (χ3n) is 4.26. The molecule has 118 valence electrons. The van der Waals surface area contributed by atoms with Crippen molar-refractivity contribution in [3.8, 4) is 0 Å².